The van der Waals surface area contributed by atoms with E-state index >= 15 is 0 Å². The van der Waals surface area contributed by atoms with Gasteiger partial charge in [0, 0.05) is 18.5 Å². The fraction of sp³-hybridized carbons (Fsp3) is 0.538. The molecule has 0 unspecified atom stereocenters. The van der Waals surface area contributed by atoms with Gasteiger partial charge in [-0.1, -0.05) is 38.1 Å². The van der Waals surface area contributed by atoms with Crippen LogP contribution in [0.3, 0.4) is 0 Å². The molecule has 0 heterocycles. The van der Waals surface area contributed by atoms with Crippen molar-refractivity contribution in [1.29, 1.82) is 0 Å². The molecule has 1 aliphatic rings. The summed E-state index contributed by atoms with van der Waals surface area (Å²) in [6.07, 6.45) is 1.47. The molecule has 1 aromatic rings. The third kappa shape index (κ3) is 2.39. The second-order valence-electron chi connectivity index (χ2n) is 4.67. The summed E-state index contributed by atoms with van der Waals surface area (Å²) in [5.74, 6) is 0. The quantitative estimate of drug-likeness (QED) is 0.767. The molecular weight excluding hydrogens is 186 g/mol. The molecule has 0 fully saturated rings. The number of benzene rings is 1. The molecule has 0 amide bonds. The molecule has 0 aliphatic heterocycles. The monoisotopic (exact) mass is 205 g/mol. The van der Waals surface area contributed by atoms with Crippen molar-refractivity contribution in [3.8, 4) is 0 Å². The molecular formula is C13H19NO. The average Bonchev–Trinajstić information content (AvgIpc) is 2.18. The van der Waals surface area contributed by atoms with Crippen LogP contribution >= 0.6 is 0 Å². The van der Waals surface area contributed by atoms with E-state index in [1.807, 2.05) is 6.07 Å². The van der Waals surface area contributed by atoms with Crippen LogP contribution in [0.5, 0.6) is 0 Å². The molecule has 1 aromatic carbocycles. The molecule has 15 heavy (non-hydrogen) atoms. The highest BCUT2D eigenvalue weighted by atomic mass is 16.3. The van der Waals surface area contributed by atoms with Crippen LogP contribution in [-0.4, -0.2) is 23.3 Å². The van der Waals surface area contributed by atoms with Crippen molar-refractivity contribution in [1.82, 2.24) is 5.32 Å². The van der Waals surface area contributed by atoms with Gasteiger partial charge >= 0.3 is 0 Å². The third-order valence-electron chi connectivity index (χ3n) is 3.00. The number of aliphatic hydroxyl groups excluding tert-OH is 1. The van der Waals surface area contributed by atoms with Crippen LogP contribution in [0.4, 0.5) is 0 Å². The fourth-order valence-corrected chi connectivity index (χ4v) is 2.29. The molecule has 0 bridgehead atoms. The molecule has 0 radical (unpaired) electrons. The lowest BCUT2D eigenvalue weighted by Crippen LogP contribution is -2.48. The Hall–Kier alpha value is -0.860. The van der Waals surface area contributed by atoms with Gasteiger partial charge in [-0.25, -0.2) is 0 Å². The van der Waals surface area contributed by atoms with Gasteiger partial charge in [-0.15, -0.1) is 0 Å². The minimum atomic E-state index is -0.248. The zero-order chi connectivity index (χ0) is 10.8. The summed E-state index contributed by atoms with van der Waals surface area (Å²) in [7, 11) is 0. The topological polar surface area (TPSA) is 32.3 Å². The zero-order valence-corrected chi connectivity index (χ0v) is 9.40. The molecule has 2 nitrogen and oxygen atoms in total. The first-order chi connectivity index (χ1) is 7.16. The first-order valence-electron chi connectivity index (χ1n) is 5.67. The Kier molecular flexibility index (Phi) is 3.08. The van der Waals surface area contributed by atoms with E-state index < -0.39 is 0 Å². The number of rotatable bonds is 2. The SMILES string of the molecule is CC(C)N[C@@H]1Cc2ccccc2C[C@@H]1O. The van der Waals surface area contributed by atoms with Gasteiger partial charge < -0.3 is 10.4 Å². The van der Waals surface area contributed by atoms with Gasteiger partial charge in [0.15, 0.2) is 0 Å². The Labute approximate surface area is 91.3 Å². The Morgan fingerprint density at radius 1 is 1.20 bits per heavy atom. The van der Waals surface area contributed by atoms with Crippen molar-refractivity contribution in [2.24, 2.45) is 0 Å². The smallest absolute Gasteiger partial charge is 0.0736 e. The van der Waals surface area contributed by atoms with Crippen molar-refractivity contribution >= 4 is 0 Å². The minimum Gasteiger partial charge on any atom is -0.391 e. The third-order valence-corrected chi connectivity index (χ3v) is 3.00. The Balaban J connectivity index is 2.14. The molecule has 0 spiro atoms. The number of nitrogens with one attached hydrogen (secondary N) is 1. The van der Waals surface area contributed by atoms with Crippen molar-refractivity contribution in [2.45, 2.75) is 44.9 Å². The van der Waals surface area contributed by atoms with Crippen LogP contribution in [0.15, 0.2) is 24.3 Å². The summed E-state index contributed by atoms with van der Waals surface area (Å²) < 4.78 is 0. The molecule has 2 N–H and O–H groups in total. The Bertz CT molecular complexity index is 335. The molecule has 2 heteroatoms. The van der Waals surface area contributed by atoms with E-state index in [4.69, 9.17) is 0 Å². The van der Waals surface area contributed by atoms with Crippen molar-refractivity contribution < 1.29 is 5.11 Å². The normalized spacial score (nSPS) is 25.3. The van der Waals surface area contributed by atoms with E-state index in [0.717, 1.165) is 12.8 Å². The average molecular weight is 205 g/mol. The van der Waals surface area contributed by atoms with E-state index in [1.54, 1.807) is 0 Å². The zero-order valence-electron chi connectivity index (χ0n) is 9.40. The predicted octanol–water partition coefficient (Wildman–Crippen LogP) is 1.51. The molecule has 0 aromatic heterocycles. The maximum atomic E-state index is 10.0. The van der Waals surface area contributed by atoms with Crippen molar-refractivity contribution in [3.63, 3.8) is 0 Å². The van der Waals surface area contributed by atoms with Crippen LogP contribution in [0.1, 0.15) is 25.0 Å². The second-order valence-corrected chi connectivity index (χ2v) is 4.67. The van der Waals surface area contributed by atoms with Gasteiger partial charge in [0.25, 0.3) is 0 Å². The van der Waals surface area contributed by atoms with Gasteiger partial charge in [0.05, 0.1) is 6.10 Å². The van der Waals surface area contributed by atoms with Crippen LogP contribution in [0.2, 0.25) is 0 Å². The minimum absolute atomic E-state index is 0.208. The number of hydrogen-bond acceptors (Lipinski definition) is 2. The maximum Gasteiger partial charge on any atom is 0.0736 e. The lowest BCUT2D eigenvalue weighted by molar-refractivity contribution is 0.115. The number of hydrogen-bond donors (Lipinski definition) is 2. The van der Waals surface area contributed by atoms with Gasteiger partial charge in [0.2, 0.25) is 0 Å². The lowest BCUT2D eigenvalue weighted by atomic mass is 9.86. The molecule has 82 valence electrons. The summed E-state index contributed by atoms with van der Waals surface area (Å²) in [6.45, 7) is 4.24. The Morgan fingerprint density at radius 2 is 1.80 bits per heavy atom. The van der Waals surface area contributed by atoms with E-state index in [1.165, 1.54) is 11.1 Å². The summed E-state index contributed by atoms with van der Waals surface area (Å²) in [6, 6.07) is 9.03. The van der Waals surface area contributed by atoms with Crippen molar-refractivity contribution in [2.75, 3.05) is 0 Å². The highest BCUT2D eigenvalue weighted by molar-refractivity contribution is 5.31. The van der Waals surface area contributed by atoms with Crippen LogP contribution in [0.25, 0.3) is 0 Å². The largest absolute Gasteiger partial charge is 0.391 e. The summed E-state index contributed by atoms with van der Waals surface area (Å²) >= 11 is 0. The summed E-state index contributed by atoms with van der Waals surface area (Å²) in [4.78, 5) is 0. The first-order valence-corrected chi connectivity index (χ1v) is 5.67. The number of aliphatic hydroxyl groups is 1. The second kappa shape index (κ2) is 4.33. The van der Waals surface area contributed by atoms with E-state index in [2.05, 4.69) is 37.4 Å². The molecule has 1 aliphatic carbocycles. The van der Waals surface area contributed by atoms with Gasteiger partial charge in [0.1, 0.15) is 0 Å². The van der Waals surface area contributed by atoms with Crippen LogP contribution in [0, 0.1) is 0 Å². The molecule has 0 saturated carbocycles. The van der Waals surface area contributed by atoms with Gasteiger partial charge in [-0.05, 0) is 17.5 Å². The maximum absolute atomic E-state index is 10.0. The van der Waals surface area contributed by atoms with Crippen molar-refractivity contribution in [3.05, 3.63) is 35.4 Å². The van der Waals surface area contributed by atoms with Gasteiger partial charge in [-0.2, -0.15) is 0 Å². The molecule has 0 saturated heterocycles. The fourth-order valence-electron chi connectivity index (χ4n) is 2.29. The van der Waals surface area contributed by atoms with E-state index in [9.17, 15) is 5.11 Å². The first kappa shape index (κ1) is 10.7. The molecule has 2 atom stereocenters. The summed E-state index contributed by atoms with van der Waals surface area (Å²) in [5, 5.41) is 13.4. The highest BCUT2D eigenvalue weighted by Gasteiger charge is 2.26. The summed E-state index contributed by atoms with van der Waals surface area (Å²) in [5.41, 5.74) is 2.67. The van der Waals surface area contributed by atoms with Gasteiger partial charge in [-0.3, -0.25) is 0 Å². The molecule has 2 rings (SSSR count). The van der Waals surface area contributed by atoms with E-state index in [0.29, 0.717) is 6.04 Å². The van der Waals surface area contributed by atoms with Crippen LogP contribution < -0.4 is 5.32 Å². The lowest BCUT2D eigenvalue weighted by Gasteiger charge is -2.31. The number of fused-ring (bicyclic) bond motifs is 1. The van der Waals surface area contributed by atoms with E-state index in [-0.39, 0.29) is 12.1 Å². The standard InChI is InChI=1S/C13H19NO/c1-9(2)14-12-7-10-5-3-4-6-11(10)8-13(12)15/h3-6,9,12-15H,7-8H2,1-2H3/t12-,13+/m1/s1. The predicted molar refractivity (Wildman–Crippen MR) is 61.9 cm³/mol. The highest BCUT2D eigenvalue weighted by Crippen LogP contribution is 2.21. The van der Waals surface area contributed by atoms with Crippen LogP contribution in [-0.2, 0) is 12.8 Å². The Morgan fingerprint density at radius 3 is 2.40 bits per heavy atom.